The summed E-state index contributed by atoms with van der Waals surface area (Å²) in [4.78, 5) is 14.9. The minimum Gasteiger partial charge on any atom is -0.317 e. The zero-order valence-corrected chi connectivity index (χ0v) is 15.8. The Kier molecular flexibility index (Phi) is 4.86. The minimum absolute atomic E-state index is 0.116. The molecule has 0 fully saturated rings. The minimum atomic E-state index is -0.116. The molecule has 1 aromatic heterocycles. The Labute approximate surface area is 163 Å². The monoisotopic (exact) mass is 380 g/mol. The van der Waals surface area contributed by atoms with Gasteiger partial charge in [0.25, 0.3) is 0 Å². The van der Waals surface area contributed by atoms with Crippen molar-refractivity contribution in [1.82, 2.24) is 15.1 Å². The van der Waals surface area contributed by atoms with Crippen molar-refractivity contribution >= 4 is 23.3 Å². The number of rotatable bonds is 3. The number of nitrogens with one attached hydrogen (secondary N) is 2. The van der Waals surface area contributed by atoms with Gasteiger partial charge in [-0.15, -0.1) is 0 Å². The lowest BCUT2D eigenvalue weighted by Crippen LogP contribution is -2.46. The van der Waals surface area contributed by atoms with E-state index in [4.69, 9.17) is 11.6 Å². The van der Waals surface area contributed by atoms with Crippen molar-refractivity contribution in [2.24, 2.45) is 0 Å². The number of nitrogens with zero attached hydrogens (tertiary/aromatic N) is 2. The van der Waals surface area contributed by atoms with E-state index in [1.807, 2.05) is 47.4 Å². The molecule has 4 rings (SSSR count). The van der Waals surface area contributed by atoms with Gasteiger partial charge in [0.2, 0.25) is 0 Å². The number of aromatic nitrogens is 2. The van der Waals surface area contributed by atoms with E-state index in [0.717, 1.165) is 35.4 Å². The van der Waals surface area contributed by atoms with E-state index in [0.29, 0.717) is 17.3 Å². The molecule has 0 aliphatic carbocycles. The number of fused-ring (bicyclic) bond motifs is 1. The normalized spacial score (nSPS) is 16.1. The van der Waals surface area contributed by atoms with E-state index in [1.165, 1.54) is 0 Å². The number of carbonyl (C=O) groups is 1. The van der Waals surface area contributed by atoms with Crippen molar-refractivity contribution in [2.75, 3.05) is 5.32 Å². The van der Waals surface area contributed by atoms with Crippen LogP contribution in [0.5, 0.6) is 0 Å². The lowest BCUT2D eigenvalue weighted by Gasteiger charge is -2.35. The van der Waals surface area contributed by atoms with Crippen LogP contribution in [0.3, 0.4) is 0 Å². The van der Waals surface area contributed by atoms with E-state index >= 15 is 0 Å². The summed E-state index contributed by atoms with van der Waals surface area (Å²) in [6, 6.07) is 17.3. The Morgan fingerprint density at radius 1 is 1.26 bits per heavy atom. The molecular formula is C21H21ClN4O. The van der Waals surface area contributed by atoms with Gasteiger partial charge >= 0.3 is 6.03 Å². The number of H-pyrrole nitrogens is 1. The first-order chi connectivity index (χ1) is 13.2. The lowest BCUT2D eigenvalue weighted by molar-refractivity contribution is 0.173. The summed E-state index contributed by atoms with van der Waals surface area (Å²) in [7, 11) is 0. The van der Waals surface area contributed by atoms with Crippen LogP contribution in [-0.4, -0.2) is 27.2 Å². The zero-order chi connectivity index (χ0) is 18.8. The topological polar surface area (TPSA) is 61.0 Å². The summed E-state index contributed by atoms with van der Waals surface area (Å²) in [5, 5.41) is 11.3. The molecule has 5 nitrogen and oxygen atoms in total. The molecule has 1 aliphatic heterocycles. The highest BCUT2D eigenvalue weighted by atomic mass is 35.5. The first kappa shape index (κ1) is 17.6. The smallest absolute Gasteiger partial charge is 0.317 e. The van der Waals surface area contributed by atoms with Gasteiger partial charge in [0, 0.05) is 40.0 Å². The van der Waals surface area contributed by atoms with Crippen LogP contribution in [0.25, 0.3) is 11.3 Å². The Morgan fingerprint density at radius 2 is 2.07 bits per heavy atom. The van der Waals surface area contributed by atoms with E-state index in [9.17, 15) is 4.79 Å². The quantitative estimate of drug-likeness (QED) is 0.664. The fourth-order valence-electron chi connectivity index (χ4n) is 3.58. The largest absolute Gasteiger partial charge is 0.322 e. The van der Waals surface area contributed by atoms with Crippen molar-refractivity contribution in [3.8, 4) is 11.3 Å². The maximum Gasteiger partial charge on any atom is 0.322 e. The van der Waals surface area contributed by atoms with Crippen molar-refractivity contribution < 1.29 is 4.79 Å². The summed E-state index contributed by atoms with van der Waals surface area (Å²) in [6.45, 7) is 2.63. The highest BCUT2D eigenvalue weighted by molar-refractivity contribution is 6.30. The van der Waals surface area contributed by atoms with Crippen LogP contribution in [0.1, 0.15) is 24.6 Å². The van der Waals surface area contributed by atoms with Gasteiger partial charge in [0.1, 0.15) is 0 Å². The standard InChI is InChI=1S/C21H21ClN4O/c1-2-17-12-19-18(20(25-24-19)14-7-4-3-5-8-14)13-26(17)21(27)23-16-10-6-9-15(22)11-16/h3-11,17H,2,12-13H2,1H3,(H,23,27)(H,24,25)/t17-/m0/s1. The summed E-state index contributed by atoms with van der Waals surface area (Å²) in [6.07, 6.45) is 1.65. The summed E-state index contributed by atoms with van der Waals surface area (Å²) in [5.41, 5.74) is 4.88. The third-order valence-electron chi connectivity index (χ3n) is 5.02. The van der Waals surface area contributed by atoms with Crippen LogP contribution < -0.4 is 5.32 Å². The first-order valence-electron chi connectivity index (χ1n) is 9.10. The third-order valence-corrected chi connectivity index (χ3v) is 5.25. The number of hydrogen-bond donors (Lipinski definition) is 2. The van der Waals surface area contributed by atoms with Crippen molar-refractivity contribution in [1.29, 1.82) is 0 Å². The van der Waals surface area contributed by atoms with Gasteiger partial charge in [-0.2, -0.15) is 5.10 Å². The van der Waals surface area contributed by atoms with Crippen LogP contribution in [0.15, 0.2) is 54.6 Å². The summed E-state index contributed by atoms with van der Waals surface area (Å²) < 4.78 is 0. The average Bonchev–Trinajstić information content (AvgIpc) is 3.10. The molecule has 2 aromatic carbocycles. The summed E-state index contributed by atoms with van der Waals surface area (Å²) in [5.74, 6) is 0. The van der Waals surface area contributed by atoms with Gasteiger partial charge in [0.15, 0.2) is 0 Å². The van der Waals surface area contributed by atoms with Crippen LogP contribution in [0, 0.1) is 0 Å². The fraction of sp³-hybridized carbons (Fsp3) is 0.238. The number of hydrogen-bond acceptors (Lipinski definition) is 2. The predicted octanol–water partition coefficient (Wildman–Crippen LogP) is 5.10. The Bertz CT molecular complexity index is 954. The van der Waals surface area contributed by atoms with E-state index in [2.05, 4.69) is 22.4 Å². The summed E-state index contributed by atoms with van der Waals surface area (Å²) >= 11 is 6.03. The second-order valence-electron chi connectivity index (χ2n) is 6.73. The van der Waals surface area contributed by atoms with Gasteiger partial charge in [-0.3, -0.25) is 5.10 Å². The van der Waals surface area contributed by atoms with Gasteiger partial charge in [0.05, 0.1) is 12.2 Å². The highest BCUT2D eigenvalue weighted by Gasteiger charge is 2.32. The molecule has 0 saturated carbocycles. The van der Waals surface area contributed by atoms with Crippen LogP contribution in [-0.2, 0) is 13.0 Å². The molecule has 138 valence electrons. The van der Waals surface area contributed by atoms with E-state index in [-0.39, 0.29) is 12.1 Å². The molecule has 0 spiro atoms. The van der Waals surface area contributed by atoms with Gasteiger partial charge in [-0.1, -0.05) is 54.9 Å². The van der Waals surface area contributed by atoms with Crippen molar-refractivity contribution in [3.05, 3.63) is 70.9 Å². The maximum absolute atomic E-state index is 13.0. The number of urea groups is 1. The number of carbonyl (C=O) groups excluding carboxylic acids is 1. The molecular weight excluding hydrogens is 360 g/mol. The van der Waals surface area contributed by atoms with Crippen molar-refractivity contribution in [3.63, 3.8) is 0 Å². The van der Waals surface area contributed by atoms with Crippen LogP contribution >= 0.6 is 11.6 Å². The number of benzene rings is 2. The molecule has 0 bridgehead atoms. The highest BCUT2D eigenvalue weighted by Crippen LogP contribution is 2.31. The maximum atomic E-state index is 13.0. The molecule has 6 heteroatoms. The van der Waals surface area contributed by atoms with Gasteiger partial charge < -0.3 is 10.2 Å². The molecule has 1 atom stereocenters. The number of amides is 2. The fourth-order valence-corrected chi connectivity index (χ4v) is 3.77. The average molecular weight is 381 g/mol. The second kappa shape index (κ2) is 7.45. The molecule has 0 radical (unpaired) electrons. The van der Waals surface area contributed by atoms with Crippen molar-refractivity contribution in [2.45, 2.75) is 32.4 Å². The zero-order valence-electron chi connectivity index (χ0n) is 15.1. The molecule has 0 unspecified atom stereocenters. The first-order valence-corrected chi connectivity index (χ1v) is 9.48. The molecule has 3 aromatic rings. The predicted molar refractivity (Wildman–Crippen MR) is 108 cm³/mol. The van der Waals surface area contributed by atoms with Crippen LogP contribution in [0.2, 0.25) is 5.02 Å². The molecule has 27 heavy (non-hydrogen) atoms. The van der Waals surface area contributed by atoms with Gasteiger partial charge in [-0.05, 0) is 24.6 Å². The second-order valence-corrected chi connectivity index (χ2v) is 7.17. The Balaban J connectivity index is 1.61. The molecule has 1 aliphatic rings. The number of aromatic amines is 1. The Hall–Kier alpha value is -2.79. The molecule has 2 heterocycles. The van der Waals surface area contributed by atoms with E-state index in [1.54, 1.807) is 12.1 Å². The molecule has 2 N–H and O–H groups in total. The van der Waals surface area contributed by atoms with Crippen LogP contribution in [0.4, 0.5) is 10.5 Å². The third kappa shape index (κ3) is 3.55. The SMILES string of the molecule is CC[C@H]1Cc2[nH]nc(-c3ccccc3)c2CN1C(=O)Nc1cccc(Cl)c1. The molecule has 2 amide bonds. The van der Waals surface area contributed by atoms with Gasteiger partial charge in [-0.25, -0.2) is 4.79 Å². The molecule has 0 saturated heterocycles. The van der Waals surface area contributed by atoms with E-state index < -0.39 is 0 Å². The number of anilines is 1. The number of halogens is 1. The lowest BCUT2D eigenvalue weighted by atomic mass is 9.95. The Morgan fingerprint density at radius 3 is 2.81 bits per heavy atom.